The van der Waals surface area contributed by atoms with Crippen LogP contribution in [-0.2, 0) is 9.53 Å². The van der Waals surface area contributed by atoms with Crippen LogP contribution in [0.25, 0.3) is 0 Å². The maximum atomic E-state index is 10.7. The third kappa shape index (κ3) is 6.13. The molecule has 0 spiro atoms. The zero-order chi connectivity index (χ0) is 7.98. The molecule has 3 nitrogen and oxygen atoms in total. The van der Waals surface area contributed by atoms with Gasteiger partial charge in [0, 0.05) is 0 Å². The fourth-order valence-corrected chi connectivity index (χ4v) is 0.693. The van der Waals surface area contributed by atoms with Crippen LogP contribution in [0, 0.1) is 0 Å². The van der Waals surface area contributed by atoms with E-state index >= 15 is 0 Å². The predicted molar refractivity (Wildman–Crippen MR) is 46.8 cm³/mol. The van der Waals surface area contributed by atoms with E-state index in [0.717, 1.165) is 19.3 Å². The first kappa shape index (κ1) is 13.3. The minimum absolute atomic E-state index is 0. The Morgan fingerprint density at radius 2 is 2.18 bits per heavy atom. The molecule has 0 aliphatic rings. The fraction of sp³-hybridized carbons (Fsp3) is 0.857. The van der Waals surface area contributed by atoms with E-state index in [1.807, 2.05) is 0 Å². The molecule has 0 bridgehead atoms. The van der Waals surface area contributed by atoms with Crippen LogP contribution in [0.4, 0.5) is 0 Å². The van der Waals surface area contributed by atoms with Gasteiger partial charge >= 0.3 is 5.97 Å². The number of rotatable bonds is 4. The first-order chi connectivity index (χ1) is 4.72. The number of carbonyl (C=O) groups is 1. The summed E-state index contributed by atoms with van der Waals surface area (Å²) in [5.74, 6) is -0.312. The van der Waals surface area contributed by atoms with Gasteiger partial charge in [0.05, 0.1) is 7.11 Å². The second-order valence-electron chi connectivity index (χ2n) is 2.27. The monoisotopic (exact) mass is 181 g/mol. The normalized spacial score (nSPS) is 11.5. The quantitative estimate of drug-likeness (QED) is 0.661. The minimum Gasteiger partial charge on any atom is -0.468 e. The number of unbranched alkanes of at least 4 members (excludes halogenated alkanes) is 1. The Hall–Kier alpha value is -0.280. The highest BCUT2D eigenvalue weighted by Crippen LogP contribution is 1.98. The first-order valence-electron chi connectivity index (χ1n) is 3.55. The van der Waals surface area contributed by atoms with Crippen molar-refractivity contribution >= 4 is 18.4 Å². The molecule has 1 unspecified atom stereocenters. The topological polar surface area (TPSA) is 52.3 Å². The molecule has 1 atom stereocenters. The average Bonchev–Trinajstić information content (AvgIpc) is 1.98. The van der Waals surface area contributed by atoms with Crippen molar-refractivity contribution in [1.29, 1.82) is 0 Å². The molecule has 68 valence electrons. The van der Waals surface area contributed by atoms with Gasteiger partial charge in [0.1, 0.15) is 6.04 Å². The summed E-state index contributed by atoms with van der Waals surface area (Å²) in [5.41, 5.74) is 5.44. The third-order valence-electron chi connectivity index (χ3n) is 1.37. The molecule has 0 heterocycles. The molecule has 0 fully saturated rings. The molecule has 0 amide bonds. The molecule has 0 aromatic carbocycles. The van der Waals surface area contributed by atoms with Crippen LogP contribution in [0.3, 0.4) is 0 Å². The van der Waals surface area contributed by atoms with E-state index in [9.17, 15) is 4.79 Å². The van der Waals surface area contributed by atoms with Gasteiger partial charge in [-0.3, -0.25) is 4.79 Å². The predicted octanol–water partition coefficient (Wildman–Crippen LogP) is 1.10. The molecule has 0 saturated carbocycles. The lowest BCUT2D eigenvalue weighted by molar-refractivity contribution is -0.142. The molecule has 2 N–H and O–H groups in total. The molecule has 0 aromatic heterocycles. The lowest BCUT2D eigenvalue weighted by Crippen LogP contribution is -2.31. The standard InChI is InChI=1S/C7H15NO2.ClH/c1-3-4-5-6(8)7(9)10-2;/h6H,3-5,8H2,1-2H3;1H. The van der Waals surface area contributed by atoms with Crippen molar-refractivity contribution in [3.05, 3.63) is 0 Å². The molecular weight excluding hydrogens is 166 g/mol. The lowest BCUT2D eigenvalue weighted by atomic mass is 10.1. The van der Waals surface area contributed by atoms with E-state index in [-0.39, 0.29) is 18.4 Å². The summed E-state index contributed by atoms with van der Waals surface area (Å²) in [6.07, 6.45) is 2.77. The maximum Gasteiger partial charge on any atom is 0.322 e. The Kier molecular flexibility index (Phi) is 9.47. The summed E-state index contributed by atoms with van der Waals surface area (Å²) in [7, 11) is 1.36. The van der Waals surface area contributed by atoms with E-state index in [2.05, 4.69) is 11.7 Å². The van der Waals surface area contributed by atoms with Crippen LogP contribution < -0.4 is 5.73 Å². The van der Waals surface area contributed by atoms with Gasteiger partial charge in [-0.25, -0.2) is 0 Å². The van der Waals surface area contributed by atoms with Crippen molar-refractivity contribution in [2.75, 3.05) is 7.11 Å². The largest absolute Gasteiger partial charge is 0.468 e. The van der Waals surface area contributed by atoms with Gasteiger partial charge in [0.25, 0.3) is 0 Å². The molecule has 11 heavy (non-hydrogen) atoms. The highest BCUT2D eigenvalue weighted by Gasteiger charge is 2.11. The van der Waals surface area contributed by atoms with E-state index in [4.69, 9.17) is 5.73 Å². The number of carbonyl (C=O) groups excluding carboxylic acids is 1. The van der Waals surface area contributed by atoms with Crippen LogP contribution in [0.15, 0.2) is 0 Å². The van der Waals surface area contributed by atoms with Crippen LogP contribution in [0.5, 0.6) is 0 Å². The van der Waals surface area contributed by atoms with E-state index < -0.39 is 6.04 Å². The van der Waals surface area contributed by atoms with Crippen molar-refractivity contribution in [1.82, 2.24) is 0 Å². The number of nitrogens with two attached hydrogens (primary N) is 1. The maximum absolute atomic E-state index is 10.7. The molecule has 0 aromatic rings. The van der Waals surface area contributed by atoms with Crippen LogP contribution >= 0.6 is 12.4 Å². The smallest absolute Gasteiger partial charge is 0.322 e. The molecule has 0 saturated heterocycles. The number of ether oxygens (including phenoxy) is 1. The molecule has 0 aliphatic carbocycles. The molecule has 0 aliphatic heterocycles. The lowest BCUT2D eigenvalue weighted by Gasteiger charge is -2.06. The number of esters is 1. The Bertz CT molecular complexity index is 109. The highest BCUT2D eigenvalue weighted by molar-refractivity contribution is 5.85. The SMILES string of the molecule is CCCCC(N)C(=O)OC.Cl. The number of hydrogen-bond acceptors (Lipinski definition) is 3. The Morgan fingerprint density at radius 3 is 2.55 bits per heavy atom. The Balaban J connectivity index is 0. The summed E-state index contributed by atoms with van der Waals surface area (Å²) in [5, 5.41) is 0. The van der Waals surface area contributed by atoms with Crippen LogP contribution in [0.2, 0.25) is 0 Å². The Morgan fingerprint density at radius 1 is 1.64 bits per heavy atom. The van der Waals surface area contributed by atoms with Crippen molar-refractivity contribution in [2.45, 2.75) is 32.2 Å². The zero-order valence-corrected chi connectivity index (χ0v) is 7.82. The van der Waals surface area contributed by atoms with Gasteiger partial charge in [-0.15, -0.1) is 12.4 Å². The van der Waals surface area contributed by atoms with Crippen molar-refractivity contribution in [2.24, 2.45) is 5.73 Å². The number of methoxy groups -OCH3 is 1. The summed E-state index contributed by atoms with van der Waals surface area (Å²) < 4.78 is 4.45. The van der Waals surface area contributed by atoms with Crippen molar-refractivity contribution in [3.8, 4) is 0 Å². The third-order valence-corrected chi connectivity index (χ3v) is 1.37. The van der Waals surface area contributed by atoms with Gasteiger partial charge in [-0.05, 0) is 6.42 Å². The average molecular weight is 182 g/mol. The van der Waals surface area contributed by atoms with E-state index in [1.165, 1.54) is 7.11 Å². The van der Waals surface area contributed by atoms with Crippen molar-refractivity contribution < 1.29 is 9.53 Å². The summed E-state index contributed by atoms with van der Waals surface area (Å²) >= 11 is 0. The van der Waals surface area contributed by atoms with Crippen LogP contribution in [0.1, 0.15) is 26.2 Å². The van der Waals surface area contributed by atoms with Gasteiger partial charge in [-0.1, -0.05) is 19.8 Å². The summed E-state index contributed by atoms with van der Waals surface area (Å²) in [6, 6.07) is -0.426. The molecule has 0 radical (unpaired) electrons. The molecular formula is C7H16ClNO2. The highest BCUT2D eigenvalue weighted by atomic mass is 35.5. The van der Waals surface area contributed by atoms with E-state index in [0.29, 0.717) is 0 Å². The van der Waals surface area contributed by atoms with Crippen LogP contribution in [-0.4, -0.2) is 19.1 Å². The number of hydrogen-bond donors (Lipinski definition) is 1. The number of halogens is 1. The fourth-order valence-electron chi connectivity index (χ4n) is 0.693. The second kappa shape index (κ2) is 7.82. The molecule has 0 rings (SSSR count). The van der Waals surface area contributed by atoms with Gasteiger partial charge < -0.3 is 10.5 Å². The summed E-state index contributed by atoms with van der Waals surface area (Å²) in [6.45, 7) is 2.06. The minimum atomic E-state index is -0.426. The second-order valence-corrected chi connectivity index (χ2v) is 2.27. The van der Waals surface area contributed by atoms with Gasteiger partial charge in [-0.2, -0.15) is 0 Å². The van der Waals surface area contributed by atoms with Gasteiger partial charge in [0.2, 0.25) is 0 Å². The van der Waals surface area contributed by atoms with Gasteiger partial charge in [0.15, 0.2) is 0 Å². The van der Waals surface area contributed by atoms with Crippen molar-refractivity contribution in [3.63, 3.8) is 0 Å². The first-order valence-corrected chi connectivity index (χ1v) is 3.55. The van der Waals surface area contributed by atoms with E-state index in [1.54, 1.807) is 0 Å². The zero-order valence-electron chi connectivity index (χ0n) is 7.00. The Labute approximate surface area is 73.7 Å². The summed E-state index contributed by atoms with van der Waals surface area (Å²) in [4.78, 5) is 10.7. The molecule has 4 heteroatoms.